The number of carbonyl (C=O) groups excluding carboxylic acids is 2. The Morgan fingerprint density at radius 3 is 2.32 bits per heavy atom. The van der Waals surface area contributed by atoms with Gasteiger partial charge in [0.05, 0.1) is 11.8 Å². The number of halogens is 3. The molecule has 8 heteroatoms. The lowest BCUT2D eigenvalue weighted by Crippen LogP contribution is -2.43. The van der Waals surface area contributed by atoms with Crippen molar-refractivity contribution in [2.75, 3.05) is 0 Å². The van der Waals surface area contributed by atoms with Gasteiger partial charge in [0.2, 0.25) is 0 Å². The highest BCUT2D eigenvalue weighted by Gasteiger charge is 2.32. The number of hydrogen-bond donors (Lipinski definition) is 2. The Kier molecular flexibility index (Phi) is 6.55. The Balaban J connectivity index is 1.91. The van der Waals surface area contributed by atoms with Crippen molar-refractivity contribution in [1.29, 1.82) is 0 Å². The lowest BCUT2D eigenvalue weighted by Gasteiger charge is -2.15. The number of hydrogen-bond acceptors (Lipinski definition) is 3. The van der Waals surface area contributed by atoms with E-state index in [0.29, 0.717) is 0 Å². The first-order valence-electron chi connectivity index (χ1n) is 8.18. The zero-order valence-electron chi connectivity index (χ0n) is 13.6. The molecule has 0 atom stereocenters. The van der Waals surface area contributed by atoms with Crippen LogP contribution in [0.3, 0.4) is 0 Å². The molecular weight excluding hydrogens is 335 g/mol. The van der Waals surface area contributed by atoms with Gasteiger partial charge in [-0.3, -0.25) is 9.59 Å². The topological polar surface area (TPSA) is 70.6 Å². The summed E-state index contributed by atoms with van der Waals surface area (Å²) in [6.07, 6.45) is 2.21. The van der Waals surface area contributed by atoms with Gasteiger partial charge in [0.25, 0.3) is 0 Å². The molecule has 1 aliphatic carbocycles. The third kappa shape index (κ3) is 5.88. The van der Waals surface area contributed by atoms with Crippen molar-refractivity contribution in [2.45, 2.75) is 50.7 Å². The van der Waals surface area contributed by atoms with Crippen LogP contribution in [0, 0.1) is 0 Å². The molecule has 25 heavy (non-hydrogen) atoms. The largest absolute Gasteiger partial charge is 0.417 e. The Morgan fingerprint density at radius 1 is 1.04 bits per heavy atom. The number of nitrogens with zero attached hydrogens (tertiary/aromatic N) is 1. The van der Waals surface area contributed by atoms with Crippen LogP contribution < -0.4 is 10.7 Å². The fraction of sp³-hybridized carbons (Fsp3) is 0.471. The number of carbonyl (C=O) groups is 2. The second kappa shape index (κ2) is 8.64. The van der Waals surface area contributed by atoms with Crippen LogP contribution in [0.4, 0.5) is 13.2 Å². The van der Waals surface area contributed by atoms with E-state index in [1.165, 1.54) is 18.2 Å². The Bertz CT molecular complexity index is 636. The van der Waals surface area contributed by atoms with Crippen molar-refractivity contribution in [1.82, 2.24) is 10.7 Å². The molecule has 1 saturated carbocycles. The molecule has 1 aromatic carbocycles. The van der Waals surface area contributed by atoms with Crippen LogP contribution in [0.25, 0.3) is 0 Å². The molecule has 2 amide bonds. The highest BCUT2D eigenvalue weighted by atomic mass is 19.4. The highest BCUT2D eigenvalue weighted by molar-refractivity contribution is 6.35. The van der Waals surface area contributed by atoms with E-state index in [-0.39, 0.29) is 11.6 Å². The van der Waals surface area contributed by atoms with E-state index in [9.17, 15) is 22.8 Å². The van der Waals surface area contributed by atoms with Crippen molar-refractivity contribution in [2.24, 2.45) is 5.10 Å². The van der Waals surface area contributed by atoms with E-state index < -0.39 is 23.6 Å². The van der Waals surface area contributed by atoms with Gasteiger partial charge in [0, 0.05) is 11.6 Å². The summed E-state index contributed by atoms with van der Waals surface area (Å²) in [7, 11) is 0. The summed E-state index contributed by atoms with van der Waals surface area (Å²) in [5.41, 5.74) is 0.906. The molecule has 0 radical (unpaired) electrons. The molecule has 1 fully saturated rings. The fourth-order valence-electron chi connectivity index (χ4n) is 2.75. The third-order valence-electron chi connectivity index (χ3n) is 4.03. The first kappa shape index (κ1) is 19.0. The molecule has 2 rings (SSSR count). The van der Waals surface area contributed by atoms with Gasteiger partial charge in [-0.15, -0.1) is 0 Å². The molecule has 1 aliphatic rings. The zero-order valence-corrected chi connectivity index (χ0v) is 13.6. The molecule has 0 saturated heterocycles. The molecule has 1 aromatic rings. The minimum atomic E-state index is -4.52. The predicted octanol–water partition coefficient (Wildman–Crippen LogP) is 2.99. The van der Waals surface area contributed by atoms with Crippen LogP contribution in [-0.2, 0) is 15.8 Å². The standard InChI is InChI=1S/C17H20F3N3O2/c18-17(19,20)14-10-6-5-7-12(14)11-21-23-16(25)15(24)22-13-8-3-1-2-4-9-13/h5-7,10-11,13H,1-4,8-9H2,(H,22,24)(H,23,25)/b21-11-. The number of hydrazone groups is 1. The molecule has 0 aliphatic heterocycles. The maximum absolute atomic E-state index is 12.8. The maximum Gasteiger partial charge on any atom is 0.417 e. The van der Waals surface area contributed by atoms with E-state index in [1.807, 2.05) is 5.43 Å². The quantitative estimate of drug-likeness (QED) is 0.379. The summed E-state index contributed by atoms with van der Waals surface area (Å²) in [6, 6.07) is 4.79. The monoisotopic (exact) mass is 355 g/mol. The minimum Gasteiger partial charge on any atom is -0.345 e. The average Bonchev–Trinajstić information content (AvgIpc) is 2.83. The van der Waals surface area contributed by atoms with Crippen LogP contribution in [0.15, 0.2) is 29.4 Å². The number of benzene rings is 1. The number of amides is 2. The van der Waals surface area contributed by atoms with E-state index in [1.54, 1.807) is 0 Å². The lowest BCUT2D eigenvalue weighted by molar-refractivity contribution is -0.139. The van der Waals surface area contributed by atoms with E-state index in [2.05, 4.69) is 10.4 Å². The normalized spacial score (nSPS) is 16.4. The van der Waals surface area contributed by atoms with Crippen LogP contribution in [0.1, 0.15) is 49.7 Å². The molecule has 0 unspecified atom stereocenters. The minimum absolute atomic E-state index is 0.0457. The van der Waals surface area contributed by atoms with Crippen LogP contribution >= 0.6 is 0 Å². The van der Waals surface area contributed by atoms with E-state index in [4.69, 9.17) is 0 Å². The second-order valence-electron chi connectivity index (χ2n) is 5.95. The summed E-state index contributed by atoms with van der Waals surface area (Å²) in [6.45, 7) is 0. The van der Waals surface area contributed by atoms with Crippen molar-refractivity contribution in [3.63, 3.8) is 0 Å². The third-order valence-corrected chi connectivity index (χ3v) is 4.03. The van der Waals surface area contributed by atoms with E-state index in [0.717, 1.165) is 50.8 Å². The lowest BCUT2D eigenvalue weighted by atomic mass is 10.1. The fourth-order valence-corrected chi connectivity index (χ4v) is 2.75. The SMILES string of the molecule is O=C(N/N=C\c1ccccc1C(F)(F)F)C(=O)NC1CCCCCC1. The Hall–Kier alpha value is -2.38. The highest BCUT2D eigenvalue weighted by Crippen LogP contribution is 2.31. The Labute approximate surface area is 143 Å². The van der Waals surface area contributed by atoms with Crippen LogP contribution in [0.5, 0.6) is 0 Å². The first-order chi connectivity index (χ1) is 11.9. The van der Waals surface area contributed by atoms with Gasteiger partial charge < -0.3 is 5.32 Å². The van der Waals surface area contributed by atoms with Gasteiger partial charge in [0.15, 0.2) is 0 Å². The van der Waals surface area contributed by atoms with Gasteiger partial charge in [-0.2, -0.15) is 18.3 Å². The smallest absolute Gasteiger partial charge is 0.345 e. The molecule has 2 N–H and O–H groups in total. The van der Waals surface area contributed by atoms with Crippen molar-refractivity contribution >= 4 is 18.0 Å². The van der Waals surface area contributed by atoms with Gasteiger partial charge >= 0.3 is 18.0 Å². The maximum atomic E-state index is 12.8. The zero-order chi connectivity index (χ0) is 18.3. The summed E-state index contributed by atoms with van der Waals surface area (Å²) in [5.74, 6) is -1.82. The van der Waals surface area contributed by atoms with Crippen molar-refractivity contribution in [3.05, 3.63) is 35.4 Å². The van der Waals surface area contributed by atoms with Gasteiger partial charge in [-0.05, 0) is 18.9 Å². The molecule has 5 nitrogen and oxygen atoms in total. The van der Waals surface area contributed by atoms with Crippen LogP contribution in [-0.4, -0.2) is 24.1 Å². The second-order valence-corrected chi connectivity index (χ2v) is 5.95. The van der Waals surface area contributed by atoms with E-state index >= 15 is 0 Å². The van der Waals surface area contributed by atoms with Crippen LogP contribution in [0.2, 0.25) is 0 Å². The molecule has 0 bridgehead atoms. The molecule has 0 heterocycles. The molecule has 136 valence electrons. The van der Waals surface area contributed by atoms with Gasteiger partial charge in [-0.25, -0.2) is 5.43 Å². The number of alkyl halides is 3. The molecule has 0 spiro atoms. The summed E-state index contributed by atoms with van der Waals surface area (Å²) in [4.78, 5) is 23.5. The van der Waals surface area contributed by atoms with Crippen molar-refractivity contribution < 1.29 is 22.8 Å². The molecule has 0 aromatic heterocycles. The number of rotatable bonds is 3. The van der Waals surface area contributed by atoms with Crippen molar-refractivity contribution in [3.8, 4) is 0 Å². The number of nitrogens with one attached hydrogen (secondary N) is 2. The van der Waals surface area contributed by atoms with Gasteiger partial charge in [0.1, 0.15) is 0 Å². The van der Waals surface area contributed by atoms with Gasteiger partial charge in [-0.1, -0.05) is 43.9 Å². The summed E-state index contributed by atoms with van der Waals surface area (Å²) >= 11 is 0. The summed E-state index contributed by atoms with van der Waals surface area (Å²) in [5, 5.41) is 6.10. The molecular formula is C17H20F3N3O2. The predicted molar refractivity (Wildman–Crippen MR) is 86.8 cm³/mol. The first-order valence-corrected chi connectivity index (χ1v) is 8.18. The average molecular weight is 355 g/mol. The Morgan fingerprint density at radius 2 is 1.68 bits per heavy atom. The summed E-state index contributed by atoms with van der Waals surface area (Å²) < 4.78 is 38.5.